The lowest BCUT2D eigenvalue weighted by Crippen LogP contribution is -2.35. The number of carbonyl (C=O) groups is 1. The molecular formula is C16H20N2O2S. The van der Waals surface area contributed by atoms with Crippen molar-refractivity contribution >= 4 is 22.9 Å². The minimum atomic E-state index is -0.0717. The highest BCUT2D eigenvalue weighted by atomic mass is 32.1. The van der Waals surface area contributed by atoms with Crippen molar-refractivity contribution in [2.45, 2.75) is 19.4 Å². The molecule has 1 amide bonds. The molecule has 1 heterocycles. The van der Waals surface area contributed by atoms with Crippen molar-refractivity contribution in [1.29, 1.82) is 0 Å². The predicted octanol–water partition coefficient (Wildman–Crippen LogP) is 2.92. The average molecular weight is 304 g/mol. The summed E-state index contributed by atoms with van der Waals surface area (Å²) in [5, 5.41) is 8.15. The molecular weight excluding hydrogens is 284 g/mol. The molecule has 2 N–H and O–H groups in total. The lowest BCUT2D eigenvalue weighted by Gasteiger charge is -2.14. The molecule has 0 spiro atoms. The van der Waals surface area contributed by atoms with Gasteiger partial charge in [0.1, 0.15) is 5.75 Å². The van der Waals surface area contributed by atoms with Crippen LogP contribution in [0.3, 0.4) is 0 Å². The molecule has 0 aliphatic rings. The second-order valence-corrected chi connectivity index (χ2v) is 5.85. The summed E-state index contributed by atoms with van der Waals surface area (Å²) in [6.07, 6.45) is 0.930. The topological polar surface area (TPSA) is 50.4 Å². The van der Waals surface area contributed by atoms with Gasteiger partial charge in [-0.15, -0.1) is 11.3 Å². The molecule has 2 rings (SSSR count). The first-order valence-electron chi connectivity index (χ1n) is 6.87. The largest absolute Gasteiger partial charge is 0.495 e. The van der Waals surface area contributed by atoms with E-state index in [0.717, 1.165) is 6.42 Å². The summed E-state index contributed by atoms with van der Waals surface area (Å²) in [5.41, 5.74) is 0.692. The molecule has 0 aliphatic carbocycles. The molecule has 2 aromatic rings. The zero-order valence-corrected chi connectivity index (χ0v) is 13.1. The highest BCUT2D eigenvalue weighted by molar-refractivity contribution is 7.09. The van der Waals surface area contributed by atoms with Crippen LogP contribution in [0.5, 0.6) is 5.75 Å². The van der Waals surface area contributed by atoms with Crippen LogP contribution in [-0.2, 0) is 11.2 Å². The molecule has 1 aromatic carbocycles. The zero-order chi connectivity index (χ0) is 15.1. The Labute approximate surface area is 129 Å². The zero-order valence-electron chi connectivity index (χ0n) is 12.3. The molecule has 0 saturated carbocycles. The Balaban J connectivity index is 1.79. The number of anilines is 1. The molecule has 4 nitrogen and oxygen atoms in total. The van der Waals surface area contributed by atoms with Crippen molar-refractivity contribution in [1.82, 2.24) is 5.32 Å². The van der Waals surface area contributed by atoms with Crippen molar-refractivity contribution in [2.24, 2.45) is 0 Å². The van der Waals surface area contributed by atoms with E-state index in [1.165, 1.54) is 4.88 Å². The number of carbonyl (C=O) groups excluding carboxylic acids is 1. The normalized spacial score (nSPS) is 11.9. The van der Waals surface area contributed by atoms with E-state index in [1.807, 2.05) is 30.3 Å². The third-order valence-electron chi connectivity index (χ3n) is 3.08. The fraction of sp³-hybridized carbons (Fsp3) is 0.312. The van der Waals surface area contributed by atoms with E-state index in [2.05, 4.69) is 29.0 Å². The van der Waals surface area contributed by atoms with E-state index in [4.69, 9.17) is 4.74 Å². The van der Waals surface area contributed by atoms with Crippen LogP contribution in [0.25, 0.3) is 0 Å². The molecule has 1 aromatic heterocycles. The molecule has 5 heteroatoms. The van der Waals surface area contributed by atoms with E-state index in [-0.39, 0.29) is 18.5 Å². The first-order valence-corrected chi connectivity index (χ1v) is 7.75. The first kappa shape index (κ1) is 15.5. The highest BCUT2D eigenvalue weighted by Crippen LogP contribution is 2.22. The molecule has 1 atom stereocenters. The SMILES string of the molecule is COc1ccccc1NC(=O)CNC(C)Cc1cccs1. The van der Waals surface area contributed by atoms with Gasteiger partial charge in [0.2, 0.25) is 5.91 Å². The van der Waals surface area contributed by atoms with Crippen molar-refractivity contribution in [3.05, 3.63) is 46.7 Å². The van der Waals surface area contributed by atoms with E-state index in [0.29, 0.717) is 11.4 Å². The maximum absolute atomic E-state index is 12.0. The summed E-state index contributed by atoms with van der Waals surface area (Å²) in [4.78, 5) is 13.3. The molecule has 21 heavy (non-hydrogen) atoms. The quantitative estimate of drug-likeness (QED) is 0.827. The number of ether oxygens (including phenoxy) is 1. The van der Waals surface area contributed by atoms with Gasteiger partial charge in [-0.05, 0) is 36.9 Å². The fourth-order valence-electron chi connectivity index (χ4n) is 2.01. The van der Waals surface area contributed by atoms with Gasteiger partial charge in [0.25, 0.3) is 0 Å². The van der Waals surface area contributed by atoms with Crippen molar-refractivity contribution in [2.75, 3.05) is 19.0 Å². The van der Waals surface area contributed by atoms with Gasteiger partial charge in [-0.1, -0.05) is 18.2 Å². The van der Waals surface area contributed by atoms with E-state index >= 15 is 0 Å². The number of rotatable bonds is 7. The van der Waals surface area contributed by atoms with Gasteiger partial charge in [0.15, 0.2) is 0 Å². The first-order chi connectivity index (χ1) is 10.2. The minimum Gasteiger partial charge on any atom is -0.495 e. The third kappa shape index (κ3) is 4.88. The van der Waals surface area contributed by atoms with E-state index in [9.17, 15) is 4.79 Å². The summed E-state index contributed by atoms with van der Waals surface area (Å²) in [7, 11) is 1.59. The van der Waals surface area contributed by atoms with Crippen molar-refractivity contribution < 1.29 is 9.53 Å². The van der Waals surface area contributed by atoms with Gasteiger partial charge in [-0.2, -0.15) is 0 Å². The monoisotopic (exact) mass is 304 g/mol. The number of para-hydroxylation sites is 2. The number of benzene rings is 1. The Morgan fingerprint density at radius 1 is 1.29 bits per heavy atom. The smallest absolute Gasteiger partial charge is 0.238 e. The van der Waals surface area contributed by atoms with Crippen LogP contribution in [0.15, 0.2) is 41.8 Å². The fourth-order valence-corrected chi connectivity index (χ4v) is 2.85. The lowest BCUT2D eigenvalue weighted by atomic mass is 10.2. The van der Waals surface area contributed by atoms with Gasteiger partial charge < -0.3 is 15.4 Å². The molecule has 0 aliphatic heterocycles. The summed E-state index contributed by atoms with van der Waals surface area (Å²) in [5.74, 6) is 0.593. The third-order valence-corrected chi connectivity index (χ3v) is 3.98. The maximum atomic E-state index is 12.0. The Kier molecular flexibility index (Phi) is 5.78. The van der Waals surface area contributed by atoms with Crippen LogP contribution in [0, 0.1) is 0 Å². The number of nitrogens with one attached hydrogen (secondary N) is 2. The van der Waals surface area contributed by atoms with Crippen molar-refractivity contribution in [3.8, 4) is 5.75 Å². The second-order valence-electron chi connectivity index (χ2n) is 4.81. The Morgan fingerprint density at radius 2 is 2.10 bits per heavy atom. The van der Waals surface area contributed by atoms with Crippen LogP contribution in [0.1, 0.15) is 11.8 Å². The predicted molar refractivity (Wildman–Crippen MR) is 87.1 cm³/mol. The molecule has 112 valence electrons. The van der Waals surface area contributed by atoms with Crippen LogP contribution in [0.4, 0.5) is 5.69 Å². The summed E-state index contributed by atoms with van der Waals surface area (Å²) in [6, 6.07) is 11.8. The summed E-state index contributed by atoms with van der Waals surface area (Å²) in [6.45, 7) is 2.36. The highest BCUT2D eigenvalue weighted by Gasteiger charge is 2.09. The van der Waals surface area contributed by atoms with E-state index < -0.39 is 0 Å². The van der Waals surface area contributed by atoms with Gasteiger partial charge in [-0.3, -0.25) is 4.79 Å². The summed E-state index contributed by atoms with van der Waals surface area (Å²) >= 11 is 1.74. The minimum absolute atomic E-state index is 0.0717. The Hall–Kier alpha value is -1.85. The number of hydrogen-bond donors (Lipinski definition) is 2. The molecule has 0 radical (unpaired) electrons. The lowest BCUT2D eigenvalue weighted by molar-refractivity contribution is -0.115. The number of methoxy groups -OCH3 is 1. The number of amides is 1. The van der Waals surface area contributed by atoms with Gasteiger partial charge in [-0.25, -0.2) is 0 Å². The van der Waals surface area contributed by atoms with Gasteiger partial charge >= 0.3 is 0 Å². The number of hydrogen-bond acceptors (Lipinski definition) is 4. The standard InChI is InChI=1S/C16H20N2O2S/c1-12(10-13-6-5-9-21-13)17-11-16(19)18-14-7-3-4-8-15(14)20-2/h3-9,12,17H,10-11H2,1-2H3,(H,18,19). The molecule has 0 bridgehead atoms. The van der Waals surface area contributed by atoms with Crippen LogP contribution in [-0.4, -0.2) is 25.6 Å². The van der Waals surface area contributed by atoms with Crippen LogP contribution < -0.4 is 15.4 Å². The number of thiophene rings is 1. The van der Waals surface area contributed by atoms with Gasteiger partial charge in [0, 0.05) is 10.9 Å². The molecule has 0 saturated heterocycles. The Morgan fingerprint density at radius 3 is 2.81 bits per heavy atom. The van der Waals surface area contributed by atoms with Gasteiger partial charge in [0.05, 0.1) is 19.3 Å². The molecule has 1 unspecified atom stereocenters. The van der Waals surface area contributed by atoms with Crippen LogP contribution in [0.2, 0.25) is 0 Å². The van der Waals surface area contributed by atoms with Crippen LogP contribution >= 0.6 is 11.3 Å². The average Bonchev–Trinajstić information content (AvgIpc) is 2.98. The van der Waals surface area contributed by atoms with Crippen molar-refractivity contribution in [3.63, 3.8) is 0 Å². The second kappa shape index (κ2) is 7.81. The summed E-state index contributed by atoms with van der Waals surface area (Å²) < 4.78 is 5.21. The maximum Gasteiger partial charge on any atom is 0.238 e. The van der Waals surface area contributed by atoms with E-state index in [1.54, 1.807) is 18.4 Å². The molecule has 0 fully saturated rings. The Bertz CT molecular complexity index is 569.